The van der Waals surface area contributed by atoms with Gasteiger partial charge in [-0.2, -0.15) is 0 Å². The van der Waals surface area contributed by atoms with Crippen molar-refractivity contribution in [3.63, 3.8) is 0 Å². The highest BCUT2D eigenvalue weighted by Crippen LogP contribution is 2.27. The Hall–Kier alpha value is -2.44. The highest BCUT2D eigenvalue weighted by Gasteiger charge is 2.18. The van der Waals surface area contributed by atoms with E-state index in [1.165, 1.54) is 36.8 Å². The predicted molar refractivity (Wildman–Crippen MR) is 140 cm³/mol. The molecule has 12 heteroatoms. The van der Waals surface area contributed by atoms with Crippen LogP contribution in [0.15, 0.2) is 41.8 Å². The number of nitrogens with one attached hydrogen (secondary N) is 2. The zero-order chi connectivity index (χ0) is 25.5. The maximum Gasteiger partial charge on any atom is 0.196 e. The zero-order valence-corrected chi connectivity index (χ0v) is 21.8. The van der Waals surface area contributed by atoms with Gasteiger partial charge in [0.2, 0.25) is 0 Å². The molecule has 1 fully saturated rings. The molecule has 36 heavy (non-hydrogen) atoms. The van der Waals surface area contributed by atoms with E-state index in [-0.39, 0.29) is 15.8 Å². The van der Waals surface area contributed by atoms with Gasteiger partial charge in [-0.25, -0.2) is 27.8 Å². The van der Waals surface area contributed by atoms with Crippen LogP contribution in [-0.4, -0.2) is 91.8 Å². The lowest BCUT2D eigenvalue weighted by Crippen LogP contribution is -2.44. The number of pyridine rings is 1. The minimum atomic E-state index is -3.61. The van der Waals surface area contributed by atoms with Crippen molar-refractivity contribution >= 4 is 43.8 Å². The van der Waals surface area contributed by atoms with Crippen LogP contribution in [0.3, 0.4) is 0 Å². The summed E-state index contributed by atoms with van der Waals surface area (Å²) in [6, 6.07) is 5.66. The fourth-order valence-electron chi connectivity index (χ4n) is 4.01. The molecular weight excluding hydrogens is 505 g/mol. The Kier molecular flexibility index (Phi) is 9.02. The Labute approximate surface area is 216 Å². The fourth-order valence-corrected chi connectivity index (χ4v) is 5.33. The molecule has 1 aliphatic rings. The normalized spacial score (nSPS) is 15.4. The molecule has 1 aliphatic heterocycles. The van der Waals surface area contributed by atoms with Crippen molar-refractivity contribution in [3.05, 3.63) is 47.6 Å². The molecule has 194 valence electrons. The van der Waals surface area contributed by atoms with Crippen LogP contribution in [0.2, 0.25) is 5.02 Å². The van der Waals surface area contributed by atoms with Crippen molar-refractivity contribution in [2.45, 2.75) is 17.9 Å². The molecule has 0 atom stereocenters. The van der Waals surface area contributed by atoms with E-state index in [1.807, 2.05) is 0 Å². The van der Waals surface area contributed by atoms with Gasteiger partial charge in [0.15, 0.2) is 14.9 Å². The van der Waals surface area contributed by atoms with E-state index in [1.54, 1.807) is 0 Å². The van der Waals surface area contributed by atoms with Crippen molar-refractivity contribution in [1.82, 2.24) is 30.1 Å². The third-order valence-corrected chi connectivity index (χ3v) is 8.11. The number of rotatable bonds is 11. The van der Waals surface area contributed by atoms with E-state index in [9.17, 15) is 12.8 Å². The van der Waals surface area contributed by atoms with Gasteiger partial charge in [0.25, 0.3) is 0 Å². The lowest BCUT2D eigenvalue weighted by Gasteiger charge is -2.32. The first kappa shape index (κ1) is 26.6. The van der Waals surface area contributed by atoms with Gasteiger partial charge in [-0.3, -0.25) is 0 Å². The molecular formula is C24H31ClFN7O2S. The summed E-state index contributed by atoms with van der Waals surface area (Å²) in [5.74, 6) is -0.218. The summed E-state index contributed by atoms with van der Waals surface area (Å²) < 4.78 is 39.3. The van der Waals surface area contributed by atoms with Crippen molar-refractivity contribution in [3.8, 4) is 0 Å². The molecule has 4 rings (SSSR count). The summed E-state index contributed by atoms with van der Waals surface area (Å²) in [4.78, 5) is 17.3. The zero-order valence-electron chi connectivity index (χ0n) is 20.3. The molecule has 1 saturated heterocycles. The SMILES string of the molecule is CN1CCN(CCCCNCCS(=O)(=O)c2cc3c(Nc4ccc(F)c(Cl)c4)ncnc3cn2)CC1. The lowest BCUT2D eigenvalue weighted by molar-refractivity contribution is 0.152. The lowest BCUT2D eigenvalue weighted by atomic mass is 10.2. The van der Waals surface area contributed by atoms with Gasteiger partial charge in [0.05, 0.1) is 22.5 Å². The van der Waals surface area contributed by atoms with Gasteiger partial charge in [-0.15, -0.1) is 0 Å². The Bertz CT molecular complexity index is 1290. The monoisotopic (exact) mass is 535 g/mol. The molecule has 0 bridgehead atoms. The first-order valence-corrected chi connectivity index (χ1v) is 14.0. The number of aromatic nitrogens is 3. The van der Waals surface area contributed by atoms with Crippen molar-refractivity contribution in [2.75, 3.05) is 63.9 Å². The van der Waals surface area contributed by atoms with Crippen LogP contribution in [-0.2, 0) is 9.84 Å². The smallest absolute Gasteiger partial charge is 0.196 e. The molecule has 2 aromatic heterocycles. The number of benzene rings is 1. The van der Waals surface area contributed by atoms with Crippen LogP contribution in [0, 0.1) is 5.82 Å². The quantitative estimate of drug-likeness (QED) is 0.359. The highest BCUT2D eigenvalue weighted by atomic mass is 35.5. The summed E-state index contributed by atoms with van der Waals surface area (Å²) >= 11 is 5.87. The van der Waals surface area contributed by atoms with Gasteiger partial charge >= 0.3 is 0 Å². The molecule has 3 aromatic rings. The van der Waals surface area contributed by atoms with Crippen LogP contribution >= 0.6 is 11.6 Å². The minimum absolute atomic E-state index is 0.0323. The standard InChI is InChI=1S/C24H31ClFN7O2S/c1-32-9-11-33(12-10-32)8-3-2-6-27-7-13-36(34,35)23-15-19-22(16-28-23)29-17-30-24(19)31-18-4-5-21(26)20(25)14-18/h4-5,14-17,27H,2-3,6-13H2,1H3,(H,29,30,31). The Morgan fingerprint density at radius 2 is 1.86 bits per heavy atom. The van der Waals surface area contributed by atoms with E-state index in [0.29, 0.717) is 29.0 Å². The third kappa shape index (κ3) is 7.07. The average molecular weight is 536 g/mol. The number of sulfone groups is 1. The largest absolute Gasteiger partial charge is 0.340 e. The Morgan fingerprint density at radius 1 is 1.06 bits per heavy atom. The number of nitrogens with zero attached hydrogens (tertiary/aromatic N) is 5. The van der Waals surface area contributed by atoms with E-state index in [0.717, 1.165) is 52.1 Å². The molecule has 9 nitrogen and oxygen atoms in total. The molecule has 0 amide bonds. The number of likely N-dealkylation sites (N-methyl/N-ethyl adjacent to an activating group) is 1. The average Bonchev–Trinajstić information content (AvgIpc) is 2.86. The molecule has 1 aromatic carbocycles. The first-order chi connectivity index (χ1) is 17.3. The number of halogens is 2. The minimum Gasteiger partial charge on any atom is -0.340 e. The molecule has 0 unspecified atom stereocenters. The maximum atomic E-state index is 13.5. The number of hydrogen-bond acceptors (Lipinski definition) is 9. The van der Waals surface area contributed by atoms with Crippen molar-refractivity contribution in [2.24, 2.45) is 0 Å². The van der Waals surface area contributed by atoms with Gasteiger partial charge in [0, 0.05) is 43.8 Å². The maximum absolute atomic E-state index is 13.5. The number of anilines is 2. The summed E-state index contributed by atoms with van der Waals surface area (Å²) in [6.45, 7) is 6.66. The van der Waals surface area contributed by atoms with Crippen LogP contribution < -0.4 is 10.6 Å². The summed E-state index contributed by atoms with van der Waals surface area (Å²) in [6.07, 6.45) is 4.85. The molecule has 0 aliphatic carbocycles. The molecule has 0 radical (unpaired) electrons. The second-order valence-electron chi connectivity index (χ2n) is 8.94. The summed E-state index contributed by atoms with van der Waals surface area (Å²) in [7, 11) is -1.46. The number of unbranched alkanes of at least 4 members (excludes halogenated alkanes) is 1. The topological polar surface area (TPSA) is 103 Å². The number of hydrogen-bond donors (Lipinski definition) is 2. The van der Waals surface area contributed by atoms with Gasteiger partial charge < -0.3 is 20.4 Å². The van der Waals surface area contributed by atoms with E-state index < -0.39 is 15.7 Å². The van der Waals surface area contributed by atoms with Gasteiger partial charge in [0.1, 0.15) is 18.0 Å². The summed E-state index contributed by atoms with van der Waals surface area (Å²) in [5.41, 5.74) is 0.998. The molecule has 0 spiro atoms. The Morgan fingerprint density at radius 3 is 2.64 bits per heavy atom. The van der Waals surface area contributed by atoms with Gasteiger partial charge in [-0.05, 0) is 57.2 Å². The van der Waals surface area contributed by atoms with Crippen LogP contribution in [0.4, 0.5) is 15.9 Å². The summed E-state index contributed by atoms with van der Waals surface area (Å²) in [5, 5.41) is 6.70. The molecule has 3 heterocycles. The van der Waals surface area contributed by atoms with Crippen LogP contribution in [0.1, 0.15) is 12.8 Å². The first-order valence-electron chi connectivity index (χ1n) is 12.0. The number of piperazine rings is 1. The Balaban J connectivity index is 1.31. The van der Waals surface area contributed by atoms with E-state index in [2.05, 4.69) is 42.4 Å². The van der Waals surface area contributed by atoms with Crippen molar-refractivity contribution in [1.29, 1.82) is 0 Å². The van der Waals surface area contributed by atoms with Crippen LogP contribution in [0.5, 0.6) is 0 Å². The predicted octanol–water partition coefficient (Wildman–Crippen LogP) is 2.95. The van der Waals surface area contributed by atoms with Gasteiger partial charge in [-0.1, -0.05) is 11.6 Å². The van der Waals surface area contributed by atoms with Crippen molar-refractivity contribution < 1.29 is 12.8 Å². The second kappa shape index (κ2) is 12.2. The van der Waals surface area contributed by atoms with E-state index >= 15 is 0 Å². The fraction of sp³-hybridized carbons (Fsp3) is 0.458. The van der Waals surface area contributed by atoms with Crippen LogP contribution in [0.25, 0.3) is 10.9 Å². The third-order valence-electron chi connectivity index (χ3n) is 6.22. The van der Waals surface area contributed by atoms with E-state index in [4.69, 9.17) is 11.6 Å². The molecule has 2 N–H and O–H groups in total. The second-order valence-corrected chi connectivity index (χ2v) is 11.4. The number of fused-ring (bicyclic) bond motifs is 1. The highest BCUT2D eigenvalue weighted by molar-refractivity contribution is 7.91. The molecule has 0 saturated carbocycles.